The summed E-state index contributed by atoms with van der Waals surface area (Å²) < 4.78 is 6.58. The Morgan fingerprint density at radius 3 is 2.64 bits per heavy atom. The van der Waals surface area contributed by atoms with Crippen molar-refractivity contribution in [2.24, 2.45) is 4.99 Å². The minimum absolute atomic E-state index is 0.0310. The number of aromatic nitrogens is 2. The van der Waals surface area contributed by atoms with Crippen molar-refractivity contribution in [2.45, 2.75) is 20.4 Å². The fourth-order valence-corrected chi connectivity index (χ4v) is 2.56. The van der Waals surface area contributed by atoms with E-state index >= 15 is 0 Å². The third-order valence-corrected chi connectivity index (χ3v) is 3.80. The summed E-state index contributed by atoms with van der Waals surface area (Å²) in [6.07, 6.45) is 1.57. The van der Waals surface area contributed by atoms with Crippen molar-refractivity contribution >= 4 is 11.4 Å². The molecule has 0 unspecified atom stereocenters. The average molecular weight is 340 g/mol. The van der Waals surface area contributed by atoms with Crippen LogP contribution >= 0.6 is 0 Å². The van der Waals surface area contributed by atoms with Crippen LogP contribution in [-0.2, 0) is 6.54 Å². The van der Waals surface area contributed by atoms with Gasteiger partial charge in [0.2, 0.25) is 0 Å². The van der Waals surface area contributed by atoms with Crippen molar-refractivity contribution in [3.05, 3.63) is 80.1 Å². The number of aryl methyl sites for hydroxylation is 1. The molecule has 1 aromatic carbocycles. The van der Waals surface area contributed by atoms with E-state index in [9.17, 15) is 14.9 Å². The third-order valence-electron chi connectivity index (χ3n) is 3.80. The number of nitrogens with one attached hydrogen (secondary N) is 1. The van der Waals surface area contributed by atoms with E-state index in [1.807, 2.05) is 6.07 Å². The smallest absolute Gasteiger partial charge is 0.280 e. The fourth-order valence-electron chi connectivity index (χ4n) is 2.56. The highest BCUT2D eigenvalue weighted by molar-refractivity contribution is 5.99. The molecule has 0 radical (unpaired) electrons. The maximum Gasteiger partial charge on any atom is 0.280 e. The summed E-state index contributed by atoms with van der Waals surface area (Å²) in [4.78, 5) is 27.4. The van der Waals surface area contributed by atoms with E-state index in [-0.39, 0.29) is 11.2 Å². The molecule has 0 saturated carbocycles. The first-order valence-electron chi connectivity index (χ1n) is 7.57. The quantitative estimate of drug-likeness (QED) is 0.438. The second kappa shape index (κ2) is 6.60. The van der Waals surface area contributed by atoms with Gasteiger partial charge in [-0.15, -0.1) is 0 Å². The number of nitro benzene ring substituents is 1. The third kappa shape index (κ3) is 3.27. The van der Waals surface area contributed by atoms with Crippen LogP contribution in [-0.4, -0.2) is 20.4 Å². The van der Waals surface area contributed by atoms with Gasteiger partial charge in [0.05, 0.1) is 29.0 Å². The Morgan fingerprint density at radius 1 is 1.32 bits per heavy atom. The molecule has 0 fully saturated rings. The summed E-state index contributed by atoms with van der Waals surface area (Å²) in [7, 11) is 0. The lowest BCUT2D eigenvalue weighted by atomic mass is 10.2. The number of benzene rings is 1. The highest BCUT2D eigenvalue weighted by Gasteiger charge is 2.15. The van der Waals surface area contributed by atoms with Gasteiger partial charge in [-0.2, -0.15) is 0 Å². The standard InChI is InChI=1S/C17H16N4O4/c1-11(18-10-15-4-3-9-25-15)16-12(2)19-20(17(16)22)13-5-7-14(8-6-13)21(23)24/h3-9,19H,10H2,1-2H3. The zero-order chi connectivity index (χ0) is 18.0. The van der Waals surface area contributed by atoms with E-state index in [2.05, 4.69) is 10.1 Å². The topological polar surface area (TPSA) is 106 Å². The van der Waals surface area contributed by atoms with Crippen molar-refractivity contribution in [3.8, 4) is 5.69 Å². The zero-order valence-corrected chi connectivity index (χ0v) is 13.7. The van der Waals surface area contributed by atoms with E-state index in [4.69, 9.17) is 4.42 Å². The molecule has 0 amide bonds. The number of rotatable bonds is 5. The number of furan rings is 1. The molecule has 3 aromatic rings. The minimum atomic E-state index is -0.483. The lowest BCUT2D eigenvalue weighted by molar-refractivity contribution is -0.384. The summed E-state index contributed by atoms with van der Waals surface area (Å²) in [5, 5.41) is 13.7. The van der Waals surface area contributed by atoms with Crippen LogP contribution in [0, 0.1) is 17.0 Å². The van der Waals surface area contributed by atoms with Gasteiger partial charge in [0.1, 0.15) is 5.76 Å². The molecule has 0 aliphatic carbocycles. The first-order valence-corrected chi connectivity index (χ1v) is 7.57. The molecule has 0 bridgehead atoms. The van der Waals surface area contributed by atoms with E-state index in [0.29, 0.717) is 35.0 Å². The van der Waals surface area contributed by atoms with Gasteiger partial charge in [-0.3, -0.25) is 25.0 Å². The van der Waals surface area contributed by atoms with Crippen molar-refractivity contribution in [2.75, 3.05) is 0 Å². The van der Waals surface area contributed by atoms with Crippen LogP contribution in [0.4, 0.5) is 5.69 Å². The molecular weight excluding hydrogens is 324 g/mol. The molecule has 8 heteroatoms. The van der Waals surface area contributed by atoms with Gasteiger partial charge < -0.3 is 4.42 Å². The molecule has 3 rings (SSSR count). The summed E-state index contributed by atoms with van der Waals surface area (Å²) in [6, 6.07) is 9.35. The number of nitro groups is 1. The van der Waals surface area contributed by atoms with E-state index in [1.165, 1.54) is 28.9 Å². The predicted molar refractivity (Wildman–Crippen MR) is 92.4 cm³/mol. The maximum atomic E-state index is 12.7. The number of hydrogen-bond acceptors (Lipinski definition) is 5. The van der Waals surface area contributed by atoms with E-state index < -0.39 is 4.92 Å². The van der Waals surface area contributed by atoms with Crippen molar-refractivity contribution < 1.29 is 9.34 Å². The van der Waals surface area contributed by atoms with Gasteiger partial charge in [-0.1, -0.05) is 0 Å². The molecule has 2 aromatic heterocycles. The molecule has 128 valence electrons. The van der Waals surface area contributed by atoms with Gasteiger partial charge in [-0.05, 0) is 38.1 Å². The number of hydrogen-bond donors (Lipinski definition) is 1. The Hall–Kier alpha value is -3.42. The van der Waals surface area contributed by atoms with Crippen LogP contribution < -0.4 is 5.56 Å². The second-order valence-electron chi connectivity index (χ2n) is 5.51. The summed E-state index contributed by atoms with van der Waals surface area (Å²) >= 11 is 0. The van der Waals surface area contributed by atoms with Crippen LogP contribution in [0.15, 0.2) is 56.9 Å². The zero-order valence-electron chi connectivity index (χ0n) is 13.7. The first-order chi connectivity index (χ1) is 12.0. The Morgan fingerprint density at radius 2 is 2.04 bits per heavy atom. The predicted octanol–water partition coefficient (Wildman–Crippen LogP) is 2.98. The van der Waals surface area contributed by atoms with Crippen LogP contribution in [0.1, 0.15) is 23.9 Å². The summed E-state index contributed by atoms with van der Waals surface area (Å²) in [5.41, 5.74) is 1.97. The van der Waals surface area contributed by atoms with E-state index in [0.717, 1.165) is 0 Å². The lowest BCUT2D eigenvalue weighted by Gasteiger charge is -2.00. The van der Waals surface area contributed by atoms with Gasteiger partial charge in [0, 0.05) is 23.5 Å². The Labute approximate surface area is 142 Å². The monoisotopic (exact) mass is 340 g/mol. The maximum absolute atomic E-state index is 12.7. The van der Waals surface area contributed by atoms with E-state index in [1.54, 1.807) is 26.2 Å². The first kappa shape index (κ1) is 16.4. The Balaban J connectivity index is 1.94. The molecule has 0 aliphatic rings. The van der Waals surface area contributed by atoms with Crippen LogP contribution in [0.3, 0.4) is 0 Å². The number of aliphatic imine (C=N–C) groups is 1. The average Bonchev–Trinajstić information content (AvgIpc) is 3.21. The van der Waals surface area contributed by atoms with Crippen molar-refractivity contribution in [1.82, 2.24) is 9.78 Å². The SMILES string of the molecule is CC(=NCc1ccco1)c1c(C)[nH]n(-c2ccc([N+](=O)[O-])cc2)c1=O. The largest absolute Gasteiger partial charge is 0.467 e. The Kier molecular flexibility index (Phi) is 4.34. The number of non-ortho nitro benzene ring substituents is 1. The minimum Gasteiger partial charge on any atom is -0.467 e. The molecule has 2 heterocycles. The molecule has 8 nitrogen and oxygen atoms in total. The number of aromatic amines is 1. The Bertz CT molecular complexity index is 979. The van der Waals surface area contributed by atoms with Crippen LogP contribution in [0.2, 0.25) is 0 Å². The van der Waals surface area contributed by atoms with Gasteiger partial charge >= 0.3 is 0 Å². The number of H-pyrrole nitrogens is 1. The van der Waals surface area contributed by atoms with Crippen molar-refractivity contribution in [3.63, 3.8) is 0 Å². The summed E-state index contributed by atoms with van der Waals surface area (Å²) in [6.45, 7) is 3.89. The highest BCUT2D eigenvalue weighted by Crippen LogP contribution is 2.15. The second-order valence-corrected chi connectivity index (χ2v) is 5.51. The van der Waals surface area contributed by atoms with Crippen LogP contribution in [0.25, 0.3) is 5.69 Å². The normalized spacial score (nSPS) is 11.7. The molecule has 1 N–H and O–H groups in total. The van der Waals surface area contributed by atoms with Gasteiger partial charge in [-0.25, -0.2) is 4.68 Å². The molecule has 0 aliphatic heterocycles. The fraction of sp³-hybridized carbons (Fsp3) is 0.176. The lowest BCUT2D eigenvalue weighted by Crippen LogP contribution is -2.19. The molecular formula is C17H16N4O4. The summed E-state index contributed by atoms with van der Waals surface area (Å²) in [5.74, 6) is 0.711. The van der Waals surface area contributed by atoms with Crippen molar-refractivity contribution in [1.29, 1.82) is 0 Å². The number of nitrogens with zero attached hydrogens (tertiary/aromatic N) is 3. The highest BCUT2D eigenvalue weighted by atomic mass is 16.6. The molecule has 0 saturated heterocycles. The van der Waals surface area contributed by atoms with Crippen LogP contribution in [0.5, 0.6) is 0 Å². The molecule has 0 atom stereocenters. The molecule has 25 heavy (non-hydrogen) atoms. The van der Waals surface area contributed by atoms with Gasteiger partial charge in [0.25, 0.3) is 11.2 Å². The molecule has 0 spiro atoms. The van der Waals surface area contributed by atoms with Gasteiger partial charge in [0.15, 0.2) is 0 Å².